The first kappa shape index (κ1) is 15.0. The van der Waals surface area contributed by atoms with Crippen molar-refractivity contribution in [2.75, 3.05) is 0 Å². The number of carbonyl (C=O) groups is 1. The van der Waals surface area contributed by atoms with Crippen LogP contribution in [0.25, 0.3) is 0 Å². The lowest BCUT2D eigenvalue weighted by atomic mass is 9.84. The molecule has 2 aliphatic rings. The van der Waals surface area contributed by atoms with E-state index in [4.69, 9.17) is 0 Å². The van der Waals surface area contributed by atoms with Crippen LogP contribution in [-0.4, -0.2) is 28.1 Å². The van der Waals surface area contributed by atoms with E-state index in [1.165, 1.54) is 30.4 Å². The van der Waals surface area contributed by atoms with Gasteiger partial charge in [0.15, 0.2) is 0 Å². The highest BCUT2D eigenvalue weighted by Gasteiger charge is 2.45. The topological polar surface area (TPSA) is 40.5 Å². The maximum Gasteiger partial charge on any atom is 0.320 e. The van der Waals surface area contributed by atoms with Crippen LogP contribution in [0.2, 0.25) is 0 Å². The highest BCUT2D eigenvalue weighted by atomic mass is 79.9. The van der Waals surface area contributed by atoms with Gasteiger partial charge in [-0.15, -0.1) is 0 Å². The van der Waals surface area contributed by atoms with Crippen molar-refractivity contribution < 1.29 is 9.90 Å². The summed E-state index contributed by atoms with van der Waals surface area (Å²) in [6.07, 6.45) is 5.66. The molecule has 2 fully saturated rings. The third kappa shape index (κ3) is 3.02. The summed E-state index contributed by atoms with van der Waals surface area (Å²) in [4.78, 5) is 13.9. The van der Waals surface area contributed by atoms with Crippen molar-refractivity contribution in [2.45, 2.75) is 57.7 Å². The number of aliphatic carboxylic acids is 1. The number of carboxylic acid groups (broad SMARTS) is 1. The molecule has 1 aromatic rings. The Kier molecular flexibility index (Phi) is 4.36. The number of benzene rings is 1. The van der Waals surface area contributed by atoms with Gasteiger partial charge < -0.3 is 5.11 Å². The van der Waals surface area contributed by atoms with E-state index in [1.807, 2.05) is 0 Å². The number of fused-ring (bicyclic) bond motifs is 1. The summed E-state index contributed by atoms with van der Waals surface area (Å²) in [6.45, 7) is 2.81. The lowest BCUT2D eigenvalue weighted by molar-refractivity contribution is -0.142. The van der Waals surface area contributed by atoms with Gasteiger partial charge >= 0.3 is 5.97 Å². The molecule has 21 heavy (non-hydrogen) atoms. The van der Waals surface area contributed by atoms with E-state index in [1.54, 1.807) is 0 Å². The molecule has 0 spiro atoms. The Morgan fingerprint density at radius 3 is 2.86 bits per heavy atom. The number of carboxylic acids is 1. The highest BCUT2D eigenvalue weighted by Crippen LogP contribution is 2.41. The molecule has 0 aromatic heterocycles. The van der Waals surface area contributed by atoms with Gasteiger partial charge in [-0.05, 0) is 49.3 Å². The largest absolute Gasteiger partial charge is 0.480 e. The Labute approximate surface area is 134 Å². The number of rotatable bonds is 3. The second-order valence-electron chi connectivity index (χ2n) is 6.47. The summed E-state index contributed by atoms with van der Waals surface area (Å²) in [7, 11) is 0. The molecule has 1 heterocycles. The third-order valence-electron chi connectivity index (χ3n) is 5.07. The van der Waals surface area contributed by atoms with E-state index >= 15 is 0 Å². The SMILES string of the molecule is Cc1ccc(CN2C(C(=O)O)CC3CCCCC32)c(Br)c1. The van der Waals surface area contributed by atoms with Gasteiger partial charge in [0.2, 0.25) is 0 Å². The molecule has 0 radical (unpaired) electrons. The van der Waals surface area contributed by atoms with Gasteiger partial charge in [-0.2, -0.15) is 0 Å². The zero-order valence-electron chi connectivity index (χ0n) is 12.4. The van der Waals surface area contributed by atoms with Gasteiger partial charge in [0.1, 0.15) is 6.04 Å². The van der Waals surface area contributed by atoms with Gasteiger partial charge in [0.25, 0.3) is 0 Å². The van der Waals surface area contributed by atoms with Crippen LogP contribution in [0.3, 0.4) is 0 Å². The predicted molar refractivity (Wildman–Crippen MR) is 86.2 cm³/mol. The number of halogens is 1. The maximum absolute atomic E-state index is 11.6. The van der Waals surface area contributed by atoms with Gasteiger partial charge in [-0.25, -0.2) is 0 Å². The third-order valence-corrected chi connectivity index (χ3v) is 5.81. The molecular formula is C17H22BrNO2. The minimum Gasteiger partial charge on any atom is -0.480 e. The molecule has 4 heteroatoms. The minimum atomic E-state index is -0.660. The number of aryl methyl sites for hydroxylation is 1. The van der Waals surface area contributed by atoms with Crippen LogP contribution in [0.1, 0.15) is 43.2 Å². The summed E-state index contributed by atoms with van der Waals surface area (Å²) in [5.41, 5.74) is 2.41. The Morgan fingerprint density at radius 2 is 2.14 bits per heavy atom. The second kappa shape index (κ2) is 6.09. The summed E-state index contributed by atoms with van der Waals surface area (Å²) in [5, 5.41) is 9.57. The van der Waals surface area contributed by atoms with Gasteiger partial charge in [-0.1, -0.05) is 40.9 Å². The van der Waals surface area contributed by atoms with E-state index in [2.05, 4.69) is 46.0 Å². The summed E-state index contributed by atoms with van der Waals surface area (Å²) in [5.74, 6) is -0.0864. The van der Waals surface area contributed by atoms with Gasteiger partial charge in [-0.3, -0.25) is 9.69 Å². The normalized spacial score (nSPS) is 29.3. The van der Waals surface area contributed by atoms with Crippen molar-refractivity contribution in [3.63, 3.8) is 0 Å². The van der Waals surface area contributed by atoms with Crippen molar-refractivity contribution in [2.24, 2.45) is 5.92 Å². The van der Waals surface area contributed by atoms with E-state index in [0.717, 1.165) is 23.9 Å². The zero-order valence-corrected chi connectivity index (χ0v) is 14.0. The summed E-state index contributed by atoms with van der Waals surface area (Å²) in [6, 6.07) is 6.47. The Bertz CT molecular complexity index is 546. The highest BCUT2D eigenvalue weighted by molar-refractivity contribution is 9.10. The molecule has 1 N–H and O–H groups in total. The van der Waals surface area contributed by atoms with E-state index < -0.39 is 5.97 Å². The average Bonchev–Trinajstić information content (AvgIpc) is 2.81. The molecule has 1 saturated carbocycles. The first-order valence-electron chi connectivity index (χ1n) is 7.80. The lowest BCUT2D eigenvalue weighted by Crippen LogP contribution is -2.41. The van der Waals surface area contributed by atoms with Crippen molar-refractivity contribution in [3.8, 4) is 0 Å². The van der Waals surface area contributed by atoms with E-state index in [0.29, 0.717) is 12.0 Å². The smallest absolute Gasteiger partial charge is 0.320 e. The van der Waals surface area contributed by atoms with Crippen molar-refractivity contribution in [1.82, 2.24) is 4.90 Å². The maximum atomic E-state index is 11.6. The number of hydrogen-bond acceptors (Lipinski definition) is 2. The fraction of sp³-hybridized carbons (Fsp3) is 0.588. The molecule has 0 amide bonds. The molecule has 3 atom stereocenters. The first-order valence-corrected chi connectivity index (χ1v) is 8.59. The average molecular weight is 352 g/mol. The molecule has 114 valence electrons. The Balaban J connectivity index is 1.84. The second-order valence-corrected chi connectivity index (χ2v) is 7.32. The van der Waals surface area contributed by atoms with Crippen molar-refractivity contribution >= 4 is 21.9 Å². The van der Waals surface area contributed by atoms with Crippen LogP contribution in [0, 0.1) is 12.8 Å². The first-order chi connectivity index (χ1) is 10.1. The molecule has 3 unspecified atom stereocenters. The quantitative estimate of drug-likeness (QED) is 0.895. The molecule has 1 aliphatic carbocycles. The van der Waals surface area contributed by atoms with Crippen LogP contribution in [-0.2, 0) is 11.3 Å². The lowest BCUT2D eigenvalue weighted by Gasteiger charge is -2.33. The zero-order chi connectivity index (χ0) is 15.0. The minimum absolute atomic E-state index is 0.314. The molecule has 1 aliphatic heterocycles. The Hall–Kier alpha value is -0.870. The van der Waals surface area contributed by atoms with Crippen LogP contribution in [0.5, 0.6) is 0 Å². The number of hydrogen-bond donors (Lipinski definition) is 1. The number of likely N-dealkylation sites (tertiary alicyclic amines) is 1. The van der Waals surface area contributed by atoms with E-state index in [-0.39, 0.29) is 6.04 Å². The molecule has 1 saturated heterocycles. The monoisotopic (exact) mass is 351 g/mol. The molecule has 3 rings (SSSR count). The molecular weight excluding hydrogens is 330 g/mol. The summed E-state index contributed by atoms with van der Waals surface area (Å²) >= 11 is 3.63. The van der Waals surface area contributed by atoms with Crippen LogP contribution >= 0.6 is 15.9 Å². The Morgan fingerprint density at radius 1 is 1.38 bits per heavy atom. The standard InChI is InChI=1S/C17H22BrNO2/c1-11-6-7-13(14(18)8-11)10-19-15-5-3-2-4-12(15)9-16(19)17(20)21/h6-8,12,15-16H,2-5,9-10H2,1H3,(H,20,21). The predicted octanol–water partition coefficient (Wildman–Crippen LogP) is 3.98. The molecule has 1 aromatic carbocycles. The van der Waals surface area contributed by atoms with Crippen LogP contribution in [0.15, 0.2) is 22.7 Å². The number of nitrogens with zero attached hydrogens (tertiary/aromatic N) is 1. The van der Waals surface area contributed by atoms with Crippen molar-refractivity contribution in [3.05, 3.63) is 33.8 Å². The van der Waals surface area contributed by atoms with Crippen LogP contribution < -0.4 is 0 Å². The summed E-state index contributed by atoms with van der Waals surface area (Å²) < 4.78 is 1.09. The fourth-order valence-electron chi connectivity index (χ4n) is 4.00. The van der Waals surface area contributed by atoms with Crippen molar-refractivity contribution in [1.29, 1.82) is 0 Å². The molecule has 0 bridgehead atoms. The molecule has 3 nitrogen and oxygen atoms in total. The van der Waals surface area contributed by atoms with E-state index in [9.17, 15) is 9.90 Å². The van der Waals surface area contributed by atoms with Crippen LogP contribution in [0.4, 0.5) is 0 Å². The van der Waals surface area contributed by atoms with Gasteiger partial charge in [0.05, 0.1) is 0 Å². The fourth-order valence-corrected chi connectivity index (χ4v) is 4.62. The van der Waals surface area contributed by atoms with Gasteiger partial charge in [0, 0.05) is 17.1 Å².